The number of ether oxygens (including phenoxy) is 1. The van der Waals surface area contributed by atoms with E-state index in [2.05, 4.69) is 15.2 Å². The molecule has 0 aliphatic carbocycles. The summed E-state index contributed by atoms with van der Waals surface area (Å²) in [6, 6.07) is 14.6. The first-order valence-electron chi connectivity index (χ1n) is 9.54. The van der Waals surface area contributed by atoms with E-state index in [4.69, 9.17) is 4.84 Å². The molecule has 2 aromatic carbocycles. The van der Waals surface area contributed by atoms with Gasteiger partial charge < -0.3 is 19.8 Å². The van der Waals surface area contributed by atoms with Crippen LogP contribution in [0, 0.1) is 0 Å². The molecular formula is C21H20F3N3O3. The lowest BCUT2D eigenvalue weighted by Gasteiger charge is -2.37. The van der Waals surface area contributed by atoms with Crippen molar-refractivity contribution in [1.82, 2.24) is 4.90 Å². The Morgan fingerprint density at radius 3 is 2.37 bits per heavy atom. The summed E-state index contributed by atoms with van der Waals surface area (Å²) in [5.41, 5.74) is 1.95. The van der Waals surface area contributed by atoms with Gasteiger partial charge in [-0.3, -0.25) is 0 Å². The molecule has 2 amide bonds. The number of urea groups is 1. The first-order chi connectivity index (χ1) is 14.3. The minimum absolute atomic E-state index is 0.309. The van der Waals surface area contributed by atoms with Crippen LogP contribution < -0.4 is 10.1 Å². The molecule has 30 heavy (non-hydrogen) atoms. The molecule has 158 valence electrons. The zero-order valence-electron chi connectivity index (χ0n) is 16.0. The summed E-state index contributed by atoms with van der Waals surface area (Å²) in [5.74, 6) is -0.340. The quantitative estimate of drug-likeness (QED) is 0.779. The number of likely N-dealkylation sites (tertiary alicyclic amines) is 1. The third-order valence-electron chi connectivity index (χ3n) is 5.25. The number of rotatable bonds is 3. The molecule has 2 aliphatic rings. The molecule has 1 saturated heterocycles. The zero-order valence-corrected chi connectivity index (χ0v) is 16.0. The van der Waals surface area contributed by atoms with Gasteiger partial charge in [0.2, 0.25) is 0 Å². The average Bonchev–Trinajstić information content (AvgIpc) is 3.13. The number of piperidine rings is 1. The first kappa shape index (κ1) is 20.1. The maximum absolute atomic E-state index is 12.5. The van der Waals surface area contributed by atoms with Crippen molar-refractivity contribution in [1.29, 1.82) is 0 Å². The highest BCUT2D eigenvalue weighted by molar-refractivity contribution is 6.01. The molecule has 0 atom stereocenters. The molecule has 0 bridgehead atoms. The number of carbonyl (C=O) groups excluding carboxylic acids is 1. The number of amides is 2. The zero-order chi connectivity index (χ0) is 21.2. The van der Waals surface area contributed by atoms with Crippen LogP contribution in [0.5, 0.6) is 5.75 Å². The SMILES string of the molecule is O=C(Nc1ccc(OC(F)(F)F)cc1)N1CCC2(CC1)CC(c1ccccc1)=NO2. The maximum Gasteiger partial charge on any atom is 0.573 e. The highest BCUT2D eigenvalue weighted by Gasteiger charge is 2.43. The van der Waals surface area contributed by atoms with Crippen molar-refractivity contribution in [2.24, 2.45) is 5.16 Å². The van der Waals surface area contributed by atoms with E-state index in [0.29, 0.717) is 38.0 Å². The fourth-order valence-electron chi connectivity index (χ4n) is 3.63. The first-order valence-corrected chi connectivity index (χ1v) is 9.54. The number of anilines is 1. The summed E-state index contributed by atoms with van der Waals surface area (Å²) in [6.45, 7) is 0.997. The van der Waals surface area contributed by atoms with Crippen molar-refractivity contribution < 1.29 is 27.5 Å². The Morgan fingerprint density at radius 2 is 1.73 bits per heavy atom. The number of nitrogens with zero attached hydrogens (tertiary/aromatic N) is 2. The summed E-state index contributed by atoms with van der Waals surface area (Å²) in [4.78, 5) is 19.9. The van der Waals surface area contributed by atoms with E-state index in [1.807, 2.05) is 30.3 Å². The molecule has 0 unspecified atom stereocenters. The summed E-state index contributed by atoms with van der Waals surface area (Å²) >= 11 is 0. The molecule has 2 aromatic rings. The van der Waals surface area contributed by atoms with Gasteiger partial charge in [0.1, 0.15) is 11.4 Å². The van der Waals surface area contributed by atoms with E-state index in [9.17, 15) is 18.0 Å². The number of halogens is 3. The predicted octanol–water partition coefficient (Wildman–Crippen LogP) is 4.78. The topological polar surface area (TPSA) is 63.2 Å². The van der Waals surface area contributed by atoms with Gasteiger partial charge >= 0.3 is 12.4 Å². The standard InChI is InChI=1S/C21H20F3N3O3/c22-21(23,24)29-17-8-6-16(7-9-17)25-19(28)27-12-10-20(11-13-27)14-18(26-30-20)15-4-2-1-3-5-15/h1-9H,10-14H2,(H,25,28). The molecule has 1 fully saturated rings. The highest BCUT2D eigenvalue weighted by Crippen LogP contribution is 2.36. The van der Waals surface area contributed by atoms with Crippen molar-refractivity contribution >= 4 is 17.4 Å². The van der Waals surface area contributed by atoms with Crippen LogP contribution in [0.2, 0.25) is 0 Å². The van der Waals surface area contributed by atoms with E-state index in [-0.39, 0.29) is 11.8 Å². The lowest BCUT2D eigenvalue weighted by atomic mass is 9.85. The van der Waals surface area contributed by atoms with Gasteiger partial charge in [0.25, 0.3) is 0 Å². The van der Waals surface area contributed by atoms with Gasteiger partial charge in [-0.05, 0) is 29.8 Å². The van der Waals surface area contributed by atoms with Gasteiger partial charge in [0.05, 0.1) is 5.71 Å². The Labute approximate surface area is 171 Å². The molecule has 1 spiro atoms. The van der Waals surface area contributed by atoms with Crippen LogP contribution in [0.1, 0.15) is 24.8 Å². The van der Waals surface area contributed by atoms with E-state index in [1.54, 1.807) is 4.90 Å². The fourth-order valence-corrected chi connectivity index (χ4v) is 3.63. The molecule has 2 heterocycles. The lowest BCUT2D eigenvalue weighted by molar-refractivity contribution is -0.274. The second kappa shape index (κ2) is 7.89. The molecule has 9 heteroatoms. The molecular weight excluding hydrogens is 399 g/mol. The molecule has 0 radical (unpaired) electrons. The number of hydrogen-bond donors (Lipinski definition) is 1. The van der Waals surface area contributed by atoms with Crippen LogP contribution in [0.3, 0.4) is 0 Å². The number of hydrogen-bond acceptors (Lipinski definition) is 4. The molecule has 2 aliphatic heterocycles. The average molecular weight is 419 g/mol. The molecule has 4 rings (SSSR count). The van der Waals surface area contributed by atoms with E-state index in [1.165, 1.54) is 12.1 Å². The van der Waals surface area contributed by atoms with E-state index >= 15 is 0 Å². The van der Waals surface area contributed by atoms with Crippen LogP contribution in [-0.2, 0) is 4.84 Å². The summed E-state index contributed by atoms with van der Waals surface area (Å²) in [6.07, 6.45) is -2.74. The number of alkyl halides is 3. The van der Waals surface area contributed by atoms with E-state index in [0.717, 1.165) is 23.4 Å². The Bertz CT molecular complexity index is 922. The van der Waals surface area contributed by atoms with Crippen molar-refractivity contribution in [2.75, 3.05) is 18.4 Å². The summed E-state index contributed by atoms with van der Waals surface area (Å²) in [5, 5.41) is 6.96. The maximum atomic E-state index is 12.5. The van der Waals surface area contributed by atoms with Crippen molar-refractivity contribution in [2.45, 2.75) is 31.2 Å². The van der Waals surface area contributed by atoms with Gasteiger partial charge in [-0.25, -0.2) is 4.79 Å². The number of carbonyl (C=O) groups is 1. The molecule has 6 nitrogen and oxygen atoms in total. The van der Waals surface area contributed by atoms with Crippen LogP contribution in [-0.4, -0.2) is 41.7 Å². The highest BCUT2D eigenvalue weighted by atomic mass is 19.4. The predicted molar refractivity (Wildman–Crippen MR) is 104 cm³/mol. The fraction of sp³-hybridized carbons (Fsp3) is 0.333. The van der Waals surface area contributed by atoms with Gasteiger partial charge in [-0.2, -0.15) is 0 Å². The van der Waals surface area contributed by atoms with Crippen LogP contribution in [0.4, 0.5) is 23.7 Å². The van der Waals surface area contributed by atoms with Crippen LogP contribution in [0.25, 0.3) is 0 Å². The number of oxime groups is 1. The normalized spacial score (nSPS) is 18.0. The lowest BCUT2D eigenvalue weighted by Crippen LogP contribution is -2.48. The van der Waals surface area contributed by atoms with Gasteiger partial charge in [-0.1, -0.05) is 35.5 Å². The monoisotopic (exact) mass is 419 g/mol. The van der Waals surface area contributed by atoms with E-state index < -0.39 is 12.0 Å². The molecule has 0 saturated carbocycles. The Hall–Kier alpha value is -3.23. The van der Waals surface area contributed by atoms with Gasteiger partial charge in [0, 0.05) is 38.0 Å². The minimum atomic E-state index is -4.75. The third kappa shape index (κ3) is 4.67. The molecule has 1 N–H and O–H groups in total. The van der Waals surface area contributed by atoms with Crippen molar-refractivity contribution in [3.05, 3.63) is 60.2 Å². The van der Waals surface area contributed by atoms with Crippen molar-refractivity contribution in [3.63, 3.8) is 0 Å². The second-order valence-electron chi connectivity index (χ2n) is 7.34. The number of benzene rings is 2. The number of nitrogens with one attached hydrogen (secondary N) is 1. The van der Waals surface area contributed by atoms with Crippen molar-refractivity contribution in [3.8, 4) is 5.75 Å². The second-order valence-corrected chi connectivity index (χ2v) is 7.34. The van der Waals surface area contributed by atoms with Gasteiger partial charge in [-0.15, -0.1) is 13.2 Å². The smallest absolute Gasteiger partial charge is 0.406 e. The van der Waals surface area contributed by atoms with Gasteiger partial charge in [0.15, 0.2) is 0 Å². The largest absolute Gasteiger partial charge is 0.573 e. The van der Waals surface area contributed by atoms with Crippen LogP contribution >= 0.6 is 0 Å². The van der Waals surface area contributed by atoms with Crippen LogP contribution in [0.15, 0.2) is 59.8 Å². The molecule has 0 aromatic heterocycles. The Balaban J connectivity index is 1.29. The Morgan fingerprint density at radius 1 is 1.07 bits per heavy atom. The Kier molecular flexibility index (Phi) is 5.27. The summed E-state index contributed by atoms with van der Waals surface area (Å²) in [7, 11) is 0. The minimum Gasteiger partial charge on any atom is -0.406 e. The third-order valence-corrected chi connectivity index (χ3v) is 5.25. The summed E-state index contributed by atoms with van der Waals surface area (Å²) < 4.78 is 40.5.